The second-order valence-electron chi connectivity index (χ2n) is 9.54. The summed E-state index contributed by atoms with van der Waals surface area (Å²) in [6.45, 7) is 1.83. The Bertz CT molecular complexity index is 1780. The van der Waals surface area contributed by atoms with Crippen LogP contribution in [0.4, 0.5) is 11.4 Å². The highest BCUT2D eigenvalue weighted by Gasteiger charge is 2.21. The van der Waals surface area contributed by atoms with E-state index in [2.05, 4.69) is 16.0 Å². The lowest BCUT2D eigenvalue weighted by atomic mass is 10.1. The average Bonchev–Trinajstić information content (AvgIpc) is 3.02. The van der Waals surface area contributed by atoms with Crippen molar-refractivity contribution in [1.29, 1.82) is 0 Å². The number of carbonyl (C=O) groups excluding carboxylic acids is 3. The maximum absolute atomic E-state index is 13.5. The second kappa shape index (κ2) is 15.3. The number of carboxylic acid groups (broad SMARTS) is 1. The van der Waals surface area contributed by atoms with Crippen LogP contribution in [-0.4, -0.2) is 39.2 Å². The number of carboxylic acids is 1. The molecule has 0 radical (unpaired) electrons. The summed E-state index contributed by atoms with van der Waals surface area (Å²) in [6.07, 6.45) is 1.87. The van der Waals surface area contributed by atoms with Gasteiger partial charge in [0.05, 0.1) is 15.3 Å². The number of thioether (sulfide) groups is 1. The van der Waals surface area contributed by atoms with E-state index in [1.54, 1.807) is 72.8 Å². The van der Waals surface area contributed by atoms with Crippen molar-refractivity contribution in [2.45, 2.75) is 23.5 Å². The van der Waals surface area contributed by atoms with Gasteiger partial charge in [-0.1, -0.05) is 66.5 Å². The largest absolute Gasteiger partial charge is 0.507 e. The number of halogens is 2. The van der Waals surface area contributed by atoms with Crippen LogP contribution in [0.3, 0.4) is 0 Å². The van der Waals surface area contributed by atoms with Gasteiger partial charge in [-0.05, 0) is 72.7 Å². The lowest BCUT2D eigenvalue weighted by Crippen LogP contribution is -2.30. The molecule has 0 aromatic heterocycles. The normalized spacial score (nSPS) is 11.8. The Balaban J connectivity index is 1.52. The molecule has 12 heteroatoms. The van der Waals surface area contributed by atoms with Crippen molar-refractivity contribution in [2.75, 3.05) is 10.6 Å². The number of nitrogens with one attached hydrogen (secondary N) is 3. The number of amides is 3. The summed E-state index contributed by atoms with van der Waals surface area (Å²) in [4.78, 5) is 51.5. The zero-order valence-corrected chi connectivity index (χ0v) is 26.0. The van der Waals surface area contributed by atoms with Crippen molar-refractivity contribution in [3.63, 3.8) is 0 Å². The number of aromatic carboxylic acids is 1. The minimum atomic E-state index is -1.32. The molecule has 4 aromatic rings. The molecule has 9 nitrogen and oxygen atoms in total. The molecule has 0 aliphatic heterocycles. The van der Waals surface area contributed by atoms with E-state index in [0.29, 0.717) is 28.1 Å². The molecule has 4 rings (SSSR count). The van der Waals surface area contributed by atoms with E-state index in [9.17, 15) is 29.4 Å². The van der Waals surface area contributed by atoms with Crippen molar-refractivity contribution in [3.8, 4) is 5.75 Å². The monoisotopic (exact) mass is 663 g/mol. The Morgan fingerprint density at radius 2 is 1.58 bits per heavy atom. The van der Waals surface area contributed by atoms with Crippen LogP contribution in [0, 0.1) is 0 Å². The minimum absolute atomic E-state index is 0.0773. The van der Waals surface area contributed by atoms with Gasteiger partial charge in [0.25, 0.3) is 11.8 Å². The van der Waals surface area contributed by atoms with Crippen molar-refractivity contribution >= 4 is 76.1 Å². The van der Waals surface area contributed by atoms with Crippen molar-refractivity contribution in [2.24, 2.45) is 0 Å². The quantitative estimate of drug-likeness (QED) is 0.0642. The zero-order chi connectivity index (χ0) is 32.5. The summed E-state index contributed by atoms with van der Waals surface area (Å²) in [5.74, 6) is -3.22. The van der Waals surface area contributed by atoms with Crippen LogP contribution in [0.1, 0.15) is 39.6 Å². The summed E-state index contributed by atoms with van der Waals surface area (Å²) in [5, 5.41) is 27.0. The summed E-state index contributed by atoms with van der Waals surface area (Å²) in [7, 11) is 0. The van der Waals surface area contributed by atoms with E-state index in [1.165, 1.54) is 36.0 Å². The van der Waals surface area contributed by atoms with Crippen LogP contribution in [0.2, 0.25) is 10.0 Å². The van der Waals surface area contributed by atoms with E-state index in [1.807, 2.05) is 6.92 Å². The van der Waals surface area contributed by atoms with Gasteiger partial charge in [-0.15, -0.1) is 11.8 Å². The fourth-order valence-corrected chi connectivity index (χ4v) is 5.45. The molecule has 0 aliphatic rings. The number of carbonyl (C=O) groups is 4. The lowest BCUT2D eigenvalue weighted by Gasteiger charge is -2.16. The fraction of sp³-hybridized carbons (Fsp3) is 0.0909. The van der Waals surface area contributed by atoms with Crippen LogP contribution >= 0.6 is 35.0 Å². The molecular weight excluding hydrogens is 637 g/mol. The van der Waals surface area contributed by atoms with Gasteiger partial charge >= 0.3 is 5.97 Å². The van der Waals surface area contributed by atoms with Crippen molar-refractivity contribution in [1.82, 2.24) is 5.32 Å². The van der Waals surface area contributed by atoms with Gasteiger partial charge in [0, 0.05) is 21.8 Å². The summed E-state index contributed by atoms with van der Waals surface area (Å²) in [5.41, 5.74) is 0.999. The predicted molar refractivity (Wildman–Crippen MR) is 177 cm³/mol. The molecule has 0 fully saturated rings. The van der Waals surface area contributed by atoms with E-state index in [0.717, 1.165) is 0 Å². The molecule has 1 unspecified atom stereocenters. The number of hydrogen-bond acceptors (Lipinski definition) is 6. The molecular formula is C33H27Cl2N3O6S. The third-order valence-electron chi connectivity index (χ3n) is 6.34. The van der Waals surface area contributed by atoms with Crippen LogP contribution < -0.4 is 16.0 Å². The molecule has 3 amide bonds. The van der Waals surface area contributed by atoms with Crippen LogP contribution in [0.5, 0.6) is 5.75 Å². The van der Waals surface area contributed by atoms with Gasteiger partial charge in [-0.2, -0.15) is 0 Å². The standard InChI is InChI=1S/C33H27Cl2N3O6S/c1-2-28(32(42)37-22-14-15-27(39)24(18-22)33(43)44)45-23-12-7-11-21(17-23)36-31(41)26(16-20-10-6-13-25(34)29(20)35)38-30(40)19-8-4-3-5-9-19/h3-18,28,39H,2H2,1H3,(H,36,41)(H,37,42)(H,38,40)(H,43,44)/b26-16+. The Labute approximate surface area is 273 Å². The van der Waals surface area contributed by atoms with Crippen molar-refractivity contribution in [3.05, 3.63) is 123 Å². The molecule has 0 aliphatic carbocycles. The first kappa shape index (κ1) is 33.1. The molecule has 4 aromatic carbocycles. The molecule has 5 N–H and O–H groups in total. The first-order chi connectivity index (χ1) is 21.5. The number of benzene rings is 4. The van der Waals surface area contributed by atoms with Crippen LogP contribution in [0.15, 0.2) is 102 Å². The van der Waals surface area contributed by atoms with Crippen LogP contribution in [0.25, 0.3) is 6.08 Å². The summed E-state index contributed by atoms with van der Waals surface area (Å²) >= 11 is 13.8. The van der Waals surface area contributed by atoms with E-state index in [-0.39, 0.29) is 32.9 Å². The summed E-state index contributed by atoms with van der Waals surface area (Å²) < 4.78 is 0. The third-order valence-corrected chi connectivity index (χ3v) is 8.53. The Morgan fingerprint density at radius 3 is 2.29 bits per heavy atom. The van der Waals surface area contributed by atoms with Gasteiger partial charge in [0.15, 0.2) is 0 Å². The first-order valence-electron chi connectivity index (χ1n) is 13.5. The molecule has 230 valence electrons. The third kappa shape index (κ3) is 8.89. The van der Waals surface area contributed by atoms with Gasteiger partial charge < -0.3 is 26.2 Å². The number of rotatable bonds is 11. The SMILES string of the molecule is CCC(Sc1cccc(NC(=O)/C(=C\c2cccc(Cl)c2Cl)NC(=O)c2ccccc2)c1)C(=O)Nc1ccc(O)c(C(=O)O)c1. The van der Waals surface area contributed by atoms with Gasteiger partial charge in [0.1, 0.15) is 17.0 Å². The topological polar surface area (TPSA) is 145 Å². The highest BCUT2D eigenvalue weighted by Crippen LogP contribution is 2.30. The van der Waals surface area contributed by atoms with E-state index < -0.39 is 28.8 Å². The Morgan fingerprint density at radius 1 is 0.867 bits per heavy atom. The Kier molecular flexibility index (Phi) is 11.3. The average molecular weight is 665 g/mol. The van der Waals surface area contributed by atoms with E-state index in [4.69, 9.17) is 23.2 Å². The van der Waals surface area contributed by atoms with Crippen LogP contribution in [-0.2, 0) is 9.59 Å². The highest BCUT2D eigenvalue weighted by atomic mass is 35.5. The smallest absolute Gasteiger partial charge is 0.339 e. The van der Waals surface area contributed by atoms with Gasteiger partial charge in [0.2, 0.25) is 5.91 Å². The van der Waals surface area contributed by atoms with Crippen molar-refractivity contribution < 1.29 is 29.4 Å². The van der Waals surface area contributed by atoms with Gasteiger partial charge in [-0.3, -0.25) is 14.4 Å². The molecule has 0 spiro atoms. The van der Waals surface area contributed by atoms with Gasteiger partial charge in [-0.25, -0.2) is 4.79 Å². The molecule has 45 heavy (non-hydrogen) atoms. The fourth-order valence-electron chi connectivity index (χ4n) is 4.07. The number of anilines is 2. The molecule has 0 saturated heterocycles. The predicted octanol–water partition coefficient (Wildman–Crippen LogP) is 7.32. The molecule has 0 saturated carbocycles. The summed E-state index contributed by atoms with van der Waals surface area (Å²) in [6, 6.07) is 24.0. The maximum Gasteiger partial charge on any atom is 0.339 e. The number of aromatic hydroxyl groups is 1. The number of phenols is 1. The second-order valence-corrected chi connectivity index (χ2v) is 11.6. The number of hydrogen-bond donors (Lipinski definition) is 5. The Hall–Kier alpha value is -4.77. The van der Waals surface area contributed by atoms with E-state index >= 15 is 0 Å². The lowest BCUT2D eigenvalue weighted by molar-refractivity contribution is -0.116. The highest BCUT2D eigenvalue weighted by molar-refractivity contribution is 8.00. The molecule has 0 heterocycles. The molecule has 0 bridgehead atoms. The first-order valence-corrected chi connectivity index (χ1v) is 15.2. The minimum Gasteiger partial charge on any atom is -0.507 e. The maximum atomic E-state index is 13.5. The molecule has 1 atom stereocenters. The zero-order valence-electron chi connectivity index (χ0n) is 23.7.